The SMILES string of the molecule is CC1(C)CCCC2(C)C1CCC13CC(C=CC12)C(C)(O)C3. The summed E-state index contributed by atoms with van der Waals surface area (Å²) in [7, 11) is 0. The van der Waals surface area contributed by atoms with Crippen LogP contribution in [0.5, 0.6) is 0 Å². The van der Waals surface area contributed by atoms with E-state index in [0.717, 1.165) is 12.3 Å². The first kappa shape index (κ1) is 14.3. The number of fused-ring (bicyclic) bond motifs is 3. The van der Waals surface area contributed by atoms with Crippen molar-refractivity contribution < 1.29 is 5.11 Å². The van der Waals surface area contributed by atoms with Crippen LogP contribution in [0.2, 0.25) is 0 Å². The lowest BCUT2D eigenvalue weighted by Crippen LogP contribution is -2.55. The molecular weight excluding hydrogens is 256 g/mol. The molecule has 4 rings (SSSR count). The van der Waals surface area contributed by atoms with Gasteiger partial charge in [0.1, 0.15) is 0 Å². The van der Waals surface area contributed by atoms with E-state index in [0.29, 0.717) is 28.1 Å². The maximum absolute atomic E-state index is 10.8. The average Bonchev–Trinajstić information content (AvgIpc) is 2.53. The van der Waals surface area contributed by atoms with Gasteiger partial charge in [-0.2, -0.15) is 0 Å². The van der Waals surface area contributed by atoms with Gasteiger partial charge >= 0.3 is 0 Å². The van der Waals surface area contributed by atoms with E-state index in [1.165, 1.54) is 38.5 Å². The van der Waals surface area contributed by atoms with Gasteiger partial charge in [0.05, 0.1) is 5.60 Å². The highest BCUT2D eigenvalue weighted by Gasteiger charge is 2.64. The van der Waals surface area contributed by atoms with Gasteiger partial charge in [0.2, 0.25) is 0 Å². The molecule has 0 aromatic heterocycles. The zero-order valence-electron chi connectivity index (χ0n) is 14.3. The number of aliphatic hydroxyl groups is 1. The average molecular weight is 288 g/mol. The van der Waals surface area contributed by atoms with Crippen LogP contribution >= 0.6 is 0 Å². The topological polar surface area (TPSA) is 20.2 Å². The highest BCUT2D eigenvalue weighted by atomic mass is 16.3. The molecule has 4 aliphatic rings. The van der Waals surface area contributed by atoms with Gasteiger partial charge in [0.15, 0.2) is 0 Å². The first-order valence-electron chi connectivity index (χ1n) is 9.10. The number of allylic oxidation sites excluding steroid dienone is 1. The monoisotopic (exact) mass is 288 g/mol. The van der Waals surface area contributed by atoms with E-state index in [4.69, 9.17) is 0 Å². The Balaban J connectivity index is 1.77. The summed E-state index contributed by atoms with van der Waals surface area (Å²) < 4.78 is 0. The van der Waals surface area contributed by atoms with Crippen LogP contribution in [0, 0.1) is 34.0 Å². The molecule has 1 nitrogen and oxygen atoms in total. The van der Waals surface area contributed by atoms with E-state index in [1.807, 2.05) is 0 Å². The van der Waals surface area contributed by atoms with E-state index >= 15 is 0 Å². The Morgan fingerprint density at radius 1 is 1.00 bits per heavy atom. The second-order valence-electron chi connectivity index (χ2n) is 10.0. The van der Waals surface area contributed by atoms with Crippen LogP contribution in [0.3, 0.4) is 0 Å². The van der Waals surface area contributed by atoms with Crippen LogP contribution in [0.4, 0.5) is 0 Å². The summed E-state index contributed by atoms with van der Waals surface area (Å²) in [6.07, 6.45) is 14.1. The van der Waals surface area contributed by atoms with Gasteiger partial charge in [0.25, 0.3) is 0 Å². The zero-order chi connectivity index (χ0) is 15.1. The molecule has 0 aromatic rings. The lowest BCUT2D eigenvalue weighted by molar-refractivity contribution is -0.120. The van der Waals surface area contributed by atoms with Crippen molar-refractivity contribution >= 4 is 0 Å². The van der Waals surface area contributed by atoms with Crippen LogP contribution in [0.1, 0.15) is 72.6 Å². The van der Waals surface area contributed by atoms with Crippen molar-refractivity contribution in [1.29, 1.82) is 0 Å². The predicted molar refractivity (Wildman–Crippen MR) is 86.9 cm³/mol. The largest absolute Gasteiger partial charge is 0.390 e. The van der Waals surface area contributed by atoms with Gasteiger partial charge in [-0.3, -0.25) is 0 Å². The molecule has 1 N–H and O–H groups in total. The quantitative estimate of drug-likeness (QED) is 0.626. The third-order valence-corrected chi connectivity index (χ3v) is 8.25. The second-order valence-corrected chi connectivity index (χ2v) is 10.0. The highest BCUT2D eigenvalue weighted by molar-refractivity contribution is 5.24. The van der Waals surface area contributed by atoms with Gasteiger partial charge in [-0.15, -0.1) is 0 Å². The van der Waals surface area contributed by atoms with Crippen molar-refractivity contribution in [2.24, 2.45) is 34.0 Å². The Kier molecular flexibility index (Phi) is 2.70. The minimum absolute atomic E-state index is 0.404. The molecule has 3 saturated carbocycles. The smallest absolute Gasteiger partial charge is 0.0687 e. The van der Waals surface area contributed by atoms with Crippen molar-refractivity contribution in [3.63, 3.8) is 0 Å². The van der Waals surface area contributed by atoms with E-state index < -0.39 is 5.60 Å². The molecule has 0 aromatic carbocycles. The van der Waals surface area contributed by atoms with Gasteiger partial charge in [-0.1, -0.05) is 39.3 Å². The Morgan fingerprint density at radius 2 is 1.76 bits per heavy atom. The minimum Gasteiger partial charge on any atom is -0.390 e. The summed E-state index contributed by atoms with van der Waals surface area (Å²) in [5.74, 6) is 1.97. The maximum Gasteiger partial charge on any atom is 0.0687 e. The Labute approximate surface area is 130 Å². The summed E-state index contributed by atoms with van der Waals surface area (Å²) in [6.45, 7) is 9.68. The van der Waals surface area contributed by atoms with Crippen LogP contribution < -0.4 is 0 Å². The molecule has 1 heteroatoms. The first-order chi connectivity index (χ1) is 9.70. The molecule has 3 fully saturated rings. The summed E-state index contributed by atoms with van der Waals surface area (Å²) in [5, 5.41) is 10.8. The van der Waals surface area contributed by atoms with E-state index in [2.05, 4.69) is 39.8 Å². The third-order valence-electron chi connectivity index (χ3n) is 8.25. The Bertz CT molecular complexity index is 488. The van der Waals surface area contributed by atoms with Crippen LogP contribution in [0.25, 0.3) is 0 Å². The predicted octanol–water partition coefficient (Wildman–Crippen LogP) is 4.95. The van der Waals surface area contributed by atoms with Crippen LogP contribution in [-0.4, -0.2) is 10.7 Å². The fourth-order valence-corrected chi connectivity index (χ4v) is 7.49. The molecule has 0 radical (unpaired) electrons. The van der Waals surface area contributed by atoms with E-state index in [9.17, 15) is 5.11 Å². The lowest BCUT2D eigenvalue weighted by atomic mass is 9.42. The number of rotatable bonds is 0. The lowest BCUT2D eigenvalue weighted by Gasteiger charge is -2.62. The fourth-order valence-electron chi connectivity index (χ4n) is 7.49. The molecule has 6 atom stereocenters. The zero-order valence-corrected chi connectivity index (χ0v) is 14.3. The summed E-state index contributed by atoms with van der Waals surface area (Å²) in [5.41, 5.74) is 0.905. The van der Waals surface area contributed by atoms with Crippen molar-refractivity contribution in [3.8, 4) is 0 Å². The molecular formula is C20H32O. The van der Waals surface area contributed by atoms with Crippen LogP contribution in [-0.2, 0) is 0 Å². The van der Waals surface area contributed by atoms with Crippen molar-refractivity contribution in [2.75, 3.05) is 0 Å². The summed E-state index contributed by atoms with van der Waals surface area (Å²) >= 11 is 0. The third kappa shape index (κ3) is 1.73. The molecule has 2 bridgehead atoms. The van der Waals surface area contributed by atoms with Crippen molar-refractivity contribution in [3.05, 3.63) is 12.2 Å². The number of hydrogen-bond acceptors (Lipinski definition) is 1. The summed E-state index contributed by atoms with van der Waals surface area (Å²) in [4.78, 5) is 0. The molecule has 1 spiro atoms. The van der Waals surface area contributed by atoms with E-state index in [-0.39, 0.29) is 0 Å². The molecule has 0 amide bonds. The van der Waals surface area contributed by atoms with Crippen molar-refractivity contribution in [1.82, 2.24) is 0 Å². The maximum atomic E-state index is 10.8. The molecule has 118 valence electrons. The number of hydrogen-bond donors (Lipinski definition) is 1. The molecule has 0 aliphatic heterocycles. The Hall–Kier alpha value is -0.300. The van der Waals surface area contributed by atoms with E-state index in [1.54, 1.807) is 0 Å². The van der Waals surface area contributed by atoms with Gasteiger partial charge in [0, 0.05) is 5.92 Å². The van der Waals surface area contributed by atoms with Crippen molar-refractivity contribution in [2.45, 2.75) is 78.2 Å². The van der Waals surface area contributed by atoms with Gasteiger partial charge < -0.3 is 5.11 Å². The minimum atomic E-state index is -0.460. The fraction of sp³-hybridized carbons (Fsp3) is 0.900. The normalized spacial score (nSPS) is 57.7. The highest BCUT2D eigenvalue weighted by Crippen LogP contribution is 2.71. The molecule has 0 saturated heterocycles. The molecule has 4 aliphatic carbocycles. The van der Waals surface area contributed by atoms with Gasteiger partial charge in [-0.05, 0) is 73.5 Å². The standard InChI is InChI=1S/C20H32O/c1-17(2)9-5-10-18(3)15(17)8-11-20-12-14(6-7-16(18)20)19(4,21)13-20/h6-7,14-16,21H,5,8-13H2,1-4H3. The molecule has 6 unspecified atom stereocenters. The summed E-state index contributed by atoms with van der Waals surface area (Å²) in [6, 6.07) is 0. The van der Waals surface area contributed by atoms with Gasteiger partial charge in [-0.25, -0.2) is 0 Å². The molecule has 0 heterocycles. The Morgan fingerprint density at radius 3 is 2.52 bits per heavy atom. The molecule has 21 heavy (non-hydrogen) atoms. The second kappa shape index (κ2) is 3.96. The van der Waals surface area contributed by atoms with Crippen LogP contribution in [0.15, 0.2) is 12.2 Å². The first-order valence-corrected chi connectivity index (χ1v) is 9.10.